The SMILES string of the molecule is CCCc1nc(N)cc(NC(C)(CC)CCO)n1. The van der Waals surface area contributed by atoms with Crippen LogP contribution in [0.5, 0.6) is 0 Å². The van der Waals surface area contributed by atoms with E-state index in [9.17, 15) is 0 Å². The van der Waals surface area contributed by atoms with Crippen molar-refractivity contribution in [2.24, 2.45) is 0 Å². The number of hydrogen-bond donors (Lipinski definition) is 3. The molecule has 0 aliphatic carbocycles. The predicted molar refractivity (Wildman–Crippen MR) is 74.5 cm³/mol. The average molecular weight is 252 g/mol. The first-order chi connectivity index (χ1) is 8.53. The van der Waals surface area contributed by atoms with Crippen LogP contribution >= 0.6 is 0 Å². The average Bonchev–Trinajstić information content (AvgIpc) is 2.28. The Morgan fingerprint density at radius 3 is 2.67 bits per heavy atom. The molecule has 0 saturated heterocycles. The van der Waals surface area contributed by atoms with Crippen molar-refractivity contribution in [3.63, 3.8) is 0 Å². The number of nitrogens with two attached hydrogens (primary N) is 1. The van der Waals surface area contributed by atoms with Crippen LogP contribution < -0.4 is 11.1 Å². The Morgan fingerprint density at radius 2 is 2.11 bits per heavy atom. The van der Waals surface area contributed by atoms with E-state index in [1.807, 2.05) is 0 Å². The number of nitrogens with zero attached hydrogens (tertiary/aromatic N) is 2. The molecule has 0 amide bonds. The molecule has 5 nitrogen and oxygen atoms in total. The Morgan fingerprint density at radius 1 is 1.39 bits per heavy atom. The highest BCUT2D eigenvalue weighted by Crippen LogP contribution is 2.21. The first-order valence-electron chi connectivity index (χ1n) is 6.55. The number of anilines is 2. The lowest BCUT2D eigenvalue weighted by atomic mass is 9.95. The second kappa shape index (κ2) is 6.54. The first-order valence-corrected chi connectivity index (χ1v) is 6.55. The molecule has 0 spiro atoms. The molecule has 1 rings (SSSR count). The lowest BCUT2D eigenvalue weighted by molar-refractivity contribution is 0.252. The molecular formula is C13H24N4O. The van der Waals surface area contributed by atoms with E-state index in [4.69, 9.17) is 10.8 Å². The maximum Gasteiger partial charge on any atom is 0.133 e. The van der Waals surface area contributed by atoms with Gasteiger partial charge in [0.15, 0.2) is 0 Å². The second-order valence-electron chi connectivity index (χ2n) is 4.86. The minimum atomic E-state index is -0.168. The number of aliphatic hydroxyl groups is 1. The molecule has 0 aromatic carbocycles. The van der Waals surface area contributed by atoms with Gasteiger partial charge in [-0.1, -0.05) is 13.8 Å². The number of aryl methyl sites for hydroxylation is 1. The largest absolute Gasteiger partial charge is 0.396 e. The third kappa shape index (κ3) is 4.14. The highest BCUT2D eigenvalue weighted by Gasteiger charge is 2.21. The summed E-state index contributed by atoms with van der Waals surface area (Å²) in [6.45, 7) is 6.39. The van der Waals surface area contributed by atoms with Crippen molar-refractivity contribution in [2.45, 2.75) is 52.0 Å². The number of rotatable bonds is 7. The Hall–Kier alpha value is -1.36. The van der Waals surface area contributed by atoms with Crippen molar-refractivity contribution < 1.29 is 5.11 Å². The van der Waals surface area contributed by atoms with Crippen LogP contribution in [0.4, 0.5) is 11.6 Å². The van der Waals surface area contributed by atoms with E-state index in [0.29, 0.717) is 12.2 Å². The zero-order chi connectivity index (χ0) is 13.6. The Kier molecular flexibility index (Phi) is 5.34. The highest BCUT2D eigenvalue weighted by molar-refractivity contribution is 5.46. The van der Waals surface area contributed by atoms with Crippen LogP contribution in [0.2, 0.25) is 0 Å². The molecule has 0 saturated carbocycles. The molecule has 4 N–H and O–H groups in total. The summed E-state index contributed by atoms with van der Waals surface area (Å²) >= 11 is 0. The van der Waals surface area contributed by atoms with Gasteiger partial charge in [0.25, 0.3) is 0 Å². The first kappa shape index (κ1) is 14.7. The van der Waals surface area contributed by atoms with Crippen LogP contribution in [0.1, 0.15) is 45.9 Å². The number of aromatic nitrogens is 2. The van der Waals surface area contributed by atoms with E-state index in [1.54, 1.807) is 6.07 Å². The van der Waals surface area contributed by atoms with Crippen LogP contribution in [0, 0.1) is 0 Å². The molecule has 0 radical (unpaired) electrons. The second-order valence-corrected chi connectivity index (χ2v) is 4.86. The monoisotopic (exact) mass is 252 g/mol. The molecule has 0 aliphatic heterocycles. The Balaban J connectivity index is 2.88. The number of hydrogen-bond acceptors (Lipinski definition) is 5. The van der Waals surface area contributed by atoms with Crippen molar-refractivity contribution in [3.8, 4) is 0 Å². The third-order valence-corrected chi connectivity index (χ3v) is 3.14. The highest BCUT2D eigenvalue weighted by atomic mass is 16.3. The van der Waals surface area contributed by atoms with Gasteiger partial charge in [-0.25, -0.2) is 9.97 Å². The molecule has 1 aromatic rings. The molecule has 5 heteroatoms. The summed E-state index contributed by atoms with van der Waals surface area (Å²) in [6, 6.07) is 1.74. The molecule has 0 aliphatic rings. The Bertz CT molecular complexity index is 383. The molecule has 0 fully saturated rings. The third-order valence-electron chi connectivity index (χ3n) is 3.14. The van der Waals surface area contributed by atoms with Gasteiger partial charge in [0.05, 0.1) is 0 Å². The summed E-state index contributed by atoms with van der Waals surface area (Å²) in [6.07, 6.45) is 3.39. The van der Waals surface area contributed by atoms with E-state index < -0.39 is 0 Å². The molecule has 18 heavy (non-hydrogen) atoms. The van der Waals surface area contributed by atoms with Gasteiger partial charge < -0.3 is 16.2 Å². The van der Waals surface area contributed by atoms with Crippen molar-refractivity contribution in [2.75, 3.05) is 17.7 Å². The zero-order valence-corrected chi connectivity index (χ0v) is 11.5. The summed E-state index contributed by atoms with van der Waals surface area (Å²) in [5, 5.41) is 12.5. The van der Waals surface area contributed by atoms with E-state index in [2.05, 4.69) is 36.1 Å². The van der Waals surface area contributed by atoms with Crippen LogP contribution in [0.25, 0.3) is 0 Å². The fourth-order valence-electron chi connectivity index (χ4n) is 1.80. The van der Waals surface area contributed by atoms with E-state index in [1.165, 1.54) is 0 Å². The van der Waals surface area contributed by atoms with Gasteiger partial charge in [-0.15, -0.1) is 0 Å². The van der Waals surface area contributed by atoms with E-state index in [0.717, 1.165) is 30.9 Å². The van der Waals surface area contributed by atoms with E-state index in [-0.39, 0.29) is 12.1 Å². The number of aliphatic hydroxyl groups excluding tert-OH is 1. The molecule has 1 unspecified atom stereocenters. The van der Waals surface area contributed by atoms with Gasteiger partial charge in [-0.2, -0.15) is 0 Å². The van der Waals surface area contributed by atoms with Crippen LogP contribution in [0.3, 0.4) is 0 Å². The normalized spacial score (nSPS) is 14.2. The topological polar surface area (TPSA) is 84.1 Å². The summed E-state index contributed by atoms with van der Waals surface area (Å²) in [5.41, 5.74) is 5.62. The summed E-state index contributed by atoms with van der Waals surface area (Å²) in [4.78, 5) is 8.66. The molecule has 102 valence electrons. The van der Waals surface area contributed by atoms with Gasteiger partial charge in [0, 0.05) is 24.6 Å². The maximum absolute atomic E-state index is 9.11. The molecule has 1 aromatic heterocycles. The van der Waals surface area contributed by atoms with Gasteiger partial charge in [0.1, 0.15) is 17.5 Å². The minimum absolute atomic E-state index is 0.153. The van der Waals surface area contributed by atoms with Crippen molar-refractivity contribution in [3.05, 3.63) is 11.9 Å². The van der Waals surface area contributed by atoms with Crippen LogP contribution in [0.15, 0.2) is 6.07 Å². The Labute approximate surface area is 109 Å². The van der Waals surface area contributed by atoms with Crippen molar-refractivity contribution >= 4 is 11.6 Å². The summed E-state index contributed by atoms with van der Waals surface area (Å²) in [5.74, 6) is 1.99. The fourth-order valence-corrected chi connectivity index (χ4v) is 1.80. The zero-order valence-electron chi connectivity index (χ0n) is 11.5. The van der Waals surface area contributed by atoms with Crippen LogP contribution in [-0.4, -0.2) is 27.2 Å². The fraction of sp³-hybridized carbons (Fsp3) is 0.692. The lowest BCUT2D eigenvalue weighted by Gasteiger charge is -2.29. The van der Waals surface area contributed by atoms with Gasteiger partial charge in [-0.3, -0.25) is 0 Å². The molecule has 1 atom stereocenters. The van der Waals surface area contributed by atoms with Gasteiger partial charge in [0.2, 0.25) is 0 Å². The summed E-state index contributed by atoms with van der Waals surface area (Å²) < 4.78 is 0. The van der Waals surface area contributed by atoms with Crippen molar-refractivity contribution in [1.29, 1.82) is 0 Å². The van der Waals surface area contributed by atoms with Gasteiger partial charge >= 0.3 is 0 Å². The van der Waals surface area contributed by atoms with E-state index >= 15 is 0 Å². The quantitative estimate of drug-likeness (QED) is 0.691. The van der Waals surface area contributed by atoms with Crippen LogP contribution in [-0.2, 0) is 6.42 Å². The smallest absolute Gasteiger partial charge is 0.133 e. The molecular weight excluding hydrogens is 228 g/mol. The standard InChI is InChI=1S/C13H24N4O/c1-4-6-11-15-10(14)9-12(16-11)17-13(3,5-2)7-8-18/h9,18H,4-8H2,1-3H3,(H3,14,15,16,17). The predicted octanol–water partition coefficient (Wildman–Crippen LogP) is 1.97. The number of nitrogen functional groups attached to an aromatic ring is 1. The maximum atomic E-state index is 9.11. The number of nitrogens with one attached hydrogen (secondary N) is 1. The lowest BCUT2D eigenvalue weighted by Crippen LogP contribution is -2.35. The van der Waals surface area contributed by atoms with Gasteiger partial charge in [-0.05, 0) is 26.2 Å². The minimum Gasteiger partial charge on any atom is -0.396 e. The molecule has 1 heterocycles. The van der Waals surface area contributed by atoms with Crippen molar-refractivity contribution in [1.82, 2.24) is 9.97 Å². The molecule has 0 bridgehead atoms. The summed E-state index contributed by atoms with van der Waals surface area (Å²) in [7, 11) is 0.